The van der Waals surface area contributed by atoms with Crippen LogP contribution in [0.15, 0.2) is 42.5 Å². The number of carbonyl (C=O) groups excluding carboxylic acids is 1. The van der Waals surface area contributed by atoms with E-state index in [1.807, 2.05) is 19.1 Å². The zero-order valence-electron chi connectivity index (χ0n) is 11.4. The summed E-state index contributed by atoms with van der Waals surface area (Å²) in [6.07, 6.45) is -0.0638. The molecule has 0 aliphatic carbocycles. The summed E-state index contributed by atoms with van der Waals surface area (Å²) in [6, 6.07) is 12.4. The lowest BCUT2D eigenvalue weighted by molar-refractivity contribution is -0.136. The van der Waals surface area contributed by atoms with E-state index in [4.69, 9.17) is 5.11 Å². The number of aliphatic carboxylic acids is 1. The first-order valence-electron chi connectivity index (χ1n) is 6.34. The normalized spacial score (nSPS) is 10.2. The Balaban J connectivity index is 2.20. The number of rotatable bonds is 4. The number of hydrogen-bond donors (Lipinski definition) is 2. The van der Waals surface area contributed by atoms with E-state index in [0.717, 1.165) is 9.13 Å². The maximum atomic E-state index is 12.3. The summed E-state index contributed by atoms with van der Waals surface area (Å²) in [5.74, 6) is -1.10. The Kier molecular flexibility index (Phi) is 4.95. The molecule has 2 aromatic carbocycles. The monoisotopic (exact) mass is 395 g/mol. The zero-order valence-corrected chi connectivity index (χ0v) is 13.5. The van der Waals surface area contributed by atoms with Crippen LogP contribution in [-0.2, 0) is 11.2 Å². The van der Waals surface area contributed by atoms with Crippen molar-refractivity contribution in [2.24, 2.45) is 0 Å². The molecule has 0 aromatic heterocycles. The second-order valence-electron chi connectivity index (χ2n) is 4.66. The van der Waals surface area contributed by atoms with Gasteiger partial charge in [0.05, 0.1) is 12.0 Å². The highest BCUT2D eigenvalue weighted by atomic mass is 127. The average molecular weight is 395 g/mol. The third kappa shape index (κ3) is 4.04. The van der Waals surface area contributed by atoms with E-state index in [1.54, 1.807) is 30.3 Å². The van der Waals surface area contributed by atoms with Gasteiger partial charge in [-0.3, -0.25) is 9.59 Å². The van der Waals surface area contributed by atoms with Crippen molar-refractivity contribution < 1.29 is 14.7 Å². The predicted octanol–water partition coefficient (Wildman–Crippen LogP) is 3.48. The molecule has 0 radical (unpaired) electrons. The highest BCUT2D eigenvalue weighted by molar-refractivity contribution is 14.1. The molecule has 0 heterocycles. The Bertz CT molecular complexity index is 698. The number of carbonyl (C=O) groups is 2. The van der Waals surface area contributed by atoms with Gasteiger partial charge in [-0.1, -0.05) is 24.3 Å². The molecule has 21 heavy (non-hydrogen) atoms. The van der Waals surface area contributed by atoms with Gasteiger partial charge in [0.25, 0.3) is 5.91 Å². The molecule has 0 saturated carbocycles. The van der Waals surface area contributed by atoms with E-state index in [0.29, 0.717) is 16.8 Å². The maximum Gasteiger partial charge on any atom is 0.307 e. The Morgan fingerprint density at radius 2 is 1.90 bits per heavy atom. The van der Waals surface area contributed by atoms with Gasteiger partial charge in [0.2, 0.25) is 0 Å². The molecule has 108 valence electrons. The van der Waals surface area contributed by atoms with Crippen LogP contribution in [0, 0.1) is 10.5 Å². The quantitative estimate of drug-likeness (QED) is 0.780. The Labute approximate surface area is 136 Å². The van der Waals surface area contributed by atoms with Crippen LogP contribution in [0.3, 0.4) is 0 Å². The van der Waals surface area contributed by atoms with Crippen LogP contribution >= 0.6 is 22.6 Å². The van der Waals surface area contributed by atoms with E-state index in [-0.39, 0.29) is 12.3 Å². The smallest absolute Gasteiger partial charge is 0.307 e. The number of aryl methyl sites for hydroxylation is 1. The number of carboxylic acid groups (broad SMARTS) is 1. The highest BCUT2D eigenvalue weighted by Crippen LogP contribution is 2.19. The number of nitrogens with one attached hydrogen (secondary N) is 1. The molecule has 0 fully saturated rings. The predicted molar refractivity (Wildman–Crippen MR) is 89.6 cm³/mol. The summed E-state index contributed by atoms with van der Waals surface area (Å²) < 4.78 is 0.911. The van der Waals surface area contributed by atoms with Crippen molar-refractivity contribution in [1.29, 1.82) is 0 Å². The fraction of sp³-hybridized carbons (Fsp3) is 0.125. The first-order chi connectivity index (χ1) is 9.97. The third-order valence-electron chi connectivity index (χ3n) is 2.98. The van der Waals surface area contributed by atoms with Gasteiger partial charge >= 0.3 is 5.97 Å². The van der Waals surface area contributed by atoms with Crippen LogP contribution in [-0.4, -0.2) is 17.0 Å². The molecule has 0 aliphatic heterocycles. The minimum Gasteiger partial charge on any atom is -0.481 e. The van der Waals surface area contributed by atoms with Gasteiger partial charge in [-0.15, -0.1) is 0 Å². The van der Waals surface area contributed by atoms with Gasteiger partial charge < -0.3 is 10.4 Å². The summed E-state index contributed by atoms with van der Waals surface area (Å²) in [4.78, 5) is 23.0. The number of carboxylic acids is 1. The molecule has 4 nitrogen and oxygen atoms in total. The standard InChI is InChI=1S/C16H14INO3/c1-10-4-2-7-13(15(10)17)16(21)18-12-6-3-5-11(8-12)9-14(19)20/h2-8H,9H2,1H3,(H,18,21)(H,19,20). The van der Waals surface area contributed by atoms with E-state index in [2.05, 4.69) is 27.9 Å². The fourth-order valence-corrected chi connectivity index (χ4v) is 2.56. The number of benzene rings is 2. The van der Waals surface area contributed by atoms with Crippen LogP contribution in [0.25, 0.3) is 0 Å². The lowest BCUT2D eigenvalue weighted by Crippen LogP contribution is -2.14. The lowest BCUT2D eigenvalue weighted by Gasteiger charge is -2.09. The van der Waals surface area contributed by atoms with Crippen molar-refractivity contribution in [2.45, 2.75) is 13.3 Å². The summed E-state index contributed by atoms with van der Waals surface area (Å²) >= 11 is 2.15. The second kappa shape index (κ2) is 6.71. The molecule has 0 unspecified atom stereocenters. The van der Waals surface area contributed by atoms with Gasteiger partial charge in [-0.2, -0.15) is 0 Å². The topological polar surface area (TPSA) is 66.4 Å². The van der Waals surface area contributed by atoms with Gasteiger partial charge in [0.15, 0.2) is 0 Å². The second-order valence-corrected chi connectivity index (χ2v) is 5.74. The molecule has 0 saturated heterocycles. The van der Waals surface area contributed by atoms with Crippen LogP contribution in [0.2, 0.25) is 0 Å². The molecule has 2 N–H and O–H groups in total. The van der Waals surface area contributed by atoms with Crippen molar-refractivity contribution >= 4 is 40.2 Å². The van der Waals surface area contributed by atoms with E-state index >= 15 is 0 Å². The third-order valence-corrected chi connectivity index (χ3v) is 4.41. The largest absolute Gasteiger partial charge is 0.481 e. The zero-order chi connectivity index (χ0) is 15.4. The van der Waals surface area contributed by atoms with E-state index in [9.17, 15) is 9.59 Å². The Morgan fingerprint density at radius 3 is 2.62 bits per heavy atom. The van der Waals surface area contributed by atoms with Gasteiger partial charge in [-0.25, -0.2) is 0 Å². The van der Waals surface area contributed by atoms with Gasteiger partial charge in [0, 0.05) is 9.26 Å². The summed E-state index contributed by atoms with van der Waals surface area (Å²) in [6.45, 7) is 1.95. The summed E-state index contributed by atoms with van der Waals surface area (Å²) in [7, 11) is 0. The molecule has 0 bridgehead atoms. The number of hydrogen-bond acceptors (Lipinski definition) is 2. The minimum atomic E-state index is -0.897. The molecule has 0 spiro atoms. The maximum absolute atomic E-state index is 12.3. The average Bonchev–Trinajstić information content (AvgIpc) is 2.41. The molecule has 0 aliphatic rings. The Morgan fingerprint density at radius 1 is 1.19 bits per heavy atom. The van der Waals surface area contributed by atoms with Gasteiger partial charge in [0.1, 0.15) is 0 Å². The summed E-state index contributed by atoms with van der Waals surface area (Å²) in [5.41, 5.74) is 2.90. The van der Waals surface area contributed by atoms with Crippen molar-refractivity contribution in [3.63, 3.8) is 0 Å². The number of anilines is 1. The first-order valence-corrected chi connectivity index (χ1v) is 7.42. The molecule has 2 rings (SSSR count). The van der Waals surface area contributed by atoms with E-state index < -0.39 is 5.97 Å². The molecular formula is C16H14INO3. The van der Waals surface area contributed by atoms with Crippen molar-refractivity contribution in [3.8, 4) is 0 Å². The minimum absolute atomic E-state index is 0.0638. The van der Waals surface area contributed by atoms with Gasteiger partial charge in [-0.05, 0) is 58.8 Å². The van der Waals surface area contributed by atoms with Crippen molar-refractivity contribution in [1.82, 2.24) is 0 Å². The molecular weight excluding hydrogens is 381 g/mol. The molecule has 0 atom stereocenters. The van der Waals surface area contributed by atoms with Crippen LogP contribution in [0.1, 0.15) is 21.5 Å². The SMILES string of the molecule is Cc1cccc(C(=O)Nc2cccc(CC(=O)O)c2)c1I. The van der Waals surface area contributed by atoms with Crippen molar-refractivity contribution in [2.75, 3.05) is 5.32 Å². The number of amides is 1. The Hall–Kier alpha value is -1.89. The molecule has 5 heteroatoms. The highest BCUT2D eigenvalue weighted by Gasteiger charge is 2.11. The fourth-order valence-electron chi connectivity index (χ4n) is 1.95. The van der Waals surface area contributed by atoms with Crippen molar-refractivity contribution in [3.05, 3.63) is 62.7 Å². The first kappa shape index (κ1) is 15.5. The van der Waals surface area contributed by atoms with E-state index in [1.165, 1.54) is 0 Å². The number of halogens is 1. The van der Waals surface area contributed by atoms with Crippen LogP contribution in [0.5, 0.6) is 0 Å². The van der Waals surface area contributed by atoms with Crippen LogP contribution in [0.4, 0.5) is 5.69 Å². The summed E-state index contributed by atoms with van der Waals surface area (Å²) in [5, 5.41) is 11.6. The molecule has 2 aromatic rings. The molecule has 1 amide bonds. The lowest BCUT2D eigenvalue weighted by atomic mass is 10.1. The van der Waals surface area contributed by atoms with Crippen LogP contribution < -0.4 is 5.32 Å².